The van der Waals surface area contributed by atoms with Crippen LogP contribution < -0.4 is 10.6 Å². The van der Waals surface area contributed by atoms with Crippen LogP contribution in [0.4, 0.5) is 16.2 Å². The van der Waals surface area contributed by atoms with E-state index in [1.54, 1.807) is 31.5 Å². The van der Waals surface area contributed by atoms with E-state index in [1.807, 2.05) is 0 Å². The number of hydrogen-bond acceptors (Lipinski definition) is 5. The molecule has 0 saturated heterocycles. The summed E-state index contributed by atoms with van der Waals surface area (Å²) < 4.78 is 17.8. The number of benzene rings is 1. The van der Waals surface area contributed by atoms with E-state index in [9.17, 15) is 4.39 Å². The van der Waals surface area contributed by atoms with Crippen LogP contribution in [0.1, 0.15) is 5.56 Å². The third kappa shape index (κ3) is 5.35. The van der Waals surface area contributed by atoms with Gasteiger partial charge in [-0.05, 0) is 30.2 Å². The van der Waals surface area contributed by atoms with Gasteiger partial charge in [0.15, 0.2) is 0 Å². The predicted octanol–water partition coefficient (Wildman–Crippen LogP) is 2.33. The van der Waals surface area contributed by atoms with Crippen molar-refractivity contribution in [2.75, 3.05) is 37.4 Å². The first-order valence-corrected chi connectivity index (χ1v) is 6.82. The highest BCUT2D eigenvalue weighted by Gasteiger charge is 1.99. The van der Waals surface area contributed by atoms with Crippen molar-refractivity contribution in [3.05, 3.63) is 47.9 Å². The van der Waals surface area contributed by atoms with Crippen molar-refractivity contribution >= 4 is 11.8 Å². The molecular weight excluding hydrogens is 271 g/mol. The molecule has 5 nitrogen and oxygen atoms in total. The van der Waals surface area contributed by atoms with Crippen LogP contribution in [0, 0.1) is 5.82 Å². The first-order valence-electron chi connectivity index (χ1n) is 6.82. The second kappa shape index (κ2) is 8.16. The molecule has 0 amide bonds. The van der Waals surface area contributed by atoms with Gasteiger partial charge >= 0.3 is 0 Å². The van der Waals surface area contributed by atoms with E-state index >= 15 is 0 Å². The molecule has 2 rings (SSSR count). The Hall–Kier alpha value is -2.21. The van der Waals surface area contributed by atoms with Crippen LogP contribution in [0.2, 0.25) is 0 Å². The highest BCUT2D eigenvalue weighted by atomic mass is 19.1. The number of nitrogens with one attached hydrogen (secondary N) is 2. The van der Waals surface area contributed by atoms with Gasteiger partial charge in [-0.25, -0.2) is 9.37 Å². The lowest BCUT2D eigenvalue weighted by atomic mass is 10.1. The molecule has 0 aliphatic heterocycles. The first kappa shape index (κ1) is 15.2. The van der Waals surface area contributed by atoms with Crippen molar-refractivity contribution in [2.45, 2.75) is 6.42 Å². The Balaban J connectivity index is 1.79. The lowest BCUT2D eigenvalue weighted by Crippen LogP contribution is -2.12. The van der Waals surface area contributed by atoms with Gasteiger partial charge in [-0.2, -0.15) is 4.98 Å². The maximum atomic E-state index is 12.8. The Kier molecular flexibility index (Phi) is 5.90. The van der Waals surface area contributed by atoms with Crippen LogP contribution in [0.5, 0.6) is 0 Å². The van der Waals surface area contributed by atoms with Gasteiger partial charge in [-0.1, -0.05) is 12.1 Å². The van der Waals surface area contributed by atoms with Gasteiger partial charge in [-0.15, -0.1) is 0 Å². The van der Waals surface area contributed by atoms with Gasteiger partial charge in [0.1, 0.15) is 11.6 Å². The smallest absolute Gasteiger partial charge is 0.224 e. The normalized spacial score (nSPS) is 10.4. The number of nitrogens with zero attached hydrogens (tertiary/aromatic N) is 2. The highest BCUT2D eigenvalue weighted by Crippen LogP contribution is 2.07. The molecule has 0 atom stereocenters. The zero-order valence-corrected chi connectivity index (χ0v) is 12.0. The van der Waals surface area contributed by atoms with Crippen LogP contribution in [0.25, 0.3) is 0 Å². The summed E-state index contributed by atoms with van der Waals surface area (Å²) in [6.45, 7) is 2.01. The number of aromatic nitrogens is 2. The molecule has 112 valence electrons. The van der Waals surface area contributed by atoms with Crippen LogP contribution in [-0.4, -0.2) is 36.8 Å². The van der Waals surface area contributed by atoms with E-state index in [4.69, 9.17) is 4.74 Å². The largest absolute Gasteiger partial charge is 0.383 e. The average molecular weight is 290 g/mol. The van der Waals surface area contributed by atoms with Crippen LogP contribution in [0.3, 0.4) is 0 Å². The van der Waals surface area contributed by atoms with Gasteiger partial charge in [0, 0.05) is 26.4 Å². The van der Waals surface area contributed by atoms with Crippen LogP contribution in [-0.2, 0) is 11.2 Å². The van der Waals surface area contributed by atoms with Crippen molar-refractivity contribution in [2.24, 2.45) is 0 Å². The number of hydrogen-bond donors (Lipinski definition) is 2. The Morgan fingerprint density at radius 3 is 2.67 bits per heavy atom. The minimum Gasteiger partial charge on any atom is -0.383 e. The summed E-state index contributed by atoms with van der Waals surface area (Å²) in [5.41, 5.74) is 1.07. The zero-order valence-electron chi connectivity index (χ0n) is 12.0. The average Bonchev–Trinajstić information content (AvgIpc) is 2.50. The van der Waals surface area contributed by atoms with Crippen molar-refractivity contribution < 1.29 is 9.13 Å². The molecule has 2 N–H and O–H groups in total. The molecule has 0 fully saturated rings. The number of rotatable bonds is 8. The van der Waals surface area contributed by atoms with E-state index in [1.165, 1.54) is 12.1 Å². The Morgan fingerprint density at radius 2 is 1.90 bits per heavy atom. The molecule has 6 heteroatoms. The van der Waals surface area contributed by atoms with E-state index in [-0.39, 0.29) is 5.82 Å². The summed E-state index contributed by atoms with van der Waals surface area (Å²) in [6.07, 6.45) is 2.48. The molecular formula is C15H19FN4O. The number of ether oxygens (including phenoxy) is 1. The van der Waals surface area contributed by atoms with Gasteiger partial charge in [-0.3, -0.25) is 0 Å². The summed E-state index contributed by atoms with van der Waals surface area (Å²) in [4.78, 5) is 8.50. The third-order valence-corrected chi connectivity index (χ3v) is 2.88. The van der Waals surface area contributed by atoms with Crippen molar-refractivity contribution in [1.29, 1.82) is 0 Å². The lowest BCUT2D eigenvalue weighted by molar-refractivity contribution is 0.210. The molecule has 1 heterocycles. The van der Waals surface area contributed by atoms with Gasteiger partial charge in [0.05, 0.1) is 6.61 Å². The summed E-state index contributed by atoms with van der Waals surface area (Å²) in [7, 11) is 1.66. The Bertz CT molecular complexity index is 548. The maximum Gasteiger partial charge on any atom is 0.224 e. The fourth-order valence-corrected chi connectivity index (χ4v) is 1.79. The van der Waals surface area contributed by atoms with Gasteiger partial charge in [0.25, 0.3) is 0 Å². The molecule has 0 radical (unpaired) electrons. The second-order valence-corrected chi connectivity index (χ2v) is 4.49. The summed E-state index contributed by atoms with van der Waals surface area (Å²) in [5, 5.41) is 6.29. The van der Waals surface area contributed by atoms with E-state index in [0.29, 0.717) is 25.6 Å². The maximum absolute atomic E-state index is 12.8. The summed E-state index contributed by atoms with van der Waals surface area (Å²) in [5.74, 6) is 1.11. The van der Waals surface area contributed by atoms with Crippen molar-refractivity contribution in [1.82, 2.24) is 9.97 Å². The van der Waals surface area contributed by atoms with Crippen molar-refractivity contribution in [3.63, 3.8) is 0 Å². The number of halogens is 1. The molecule has 0 bridgehead atoms. The van der Waals surface area contributed by atoms with E-state index < -0.39 is 0 Å². The Morgan fingerprint density at radius 1 is 1.10 bits per heavy atom. The van der Waals surface area contributed by atoms with Crippen LogP contribution >= 0.6 is 0 Å². The molecule has 0 saturated carbocycles. The van der Waals surface area contributed by atoms with Gasteiger partial charge in [0.2, 0.25) is 5.95 Å². The molecule has 1 aromatic carbocycles. The molecule has 0 unspecified atom stereocenters. The summed E-state index contributed by atoms with van der Waals surface area (Å²) >= 11 is 0. The van der Waals surface area contributed by atoms with E-state index in [0.717, 1.165) is 17.8 Å². The minimum absolute atomic E-state index is 0.218. The molecule has 0 aliphatic carbocycles. The molecule has 2 aromatic rings. The summed E-state index contributed by atoms with van der Waals surface area (Å²) in [6, 6.07) is 8.29. The highest BCUT2D eigenvalue weighted by molar-refractivity contribution is 5.39. The first-order chi connectivity index (χ1) is 10.3. The predicted molar refractivity (Wildman–Crippen MR) is 81.0 cm³/mol. The molecule has 21 heavy (non-hydrogen) atoms. The number of methoxy groups -OCH3 is 1. The van der Waals surface area contributed by atoms with Gasteiger partial charge < -0.3 is 15.4 Å². The van der Waals surface area contributed by atoms with E-state index in [2.05, 4.69) is 20.6 Å². The number of anilines is 2. The molecule has 0 aliphatic rings. The SMILES string of the molecule is COCCNc1ccnc(NCCc2ccc(F)cc2)n1. The topological polar surface area (TPSA) is 59.1 Å². The molecule has 1 aromatic heterocycles. The fraction of sp³-hybridized carbons (Fsp3) is 0.333. The lowest BCUT2D eigenvalue weighted by Gasteiger charge is -2.08. The zero-order chi connectivity index (χ0) is 14.9. The van der Waals surface area contributed by atoms with Crippen LogP contribution in [0.15, 0.2) is 36.5 Å². The quantitative estimate of drug-likeness (QED) is 0.731. The monoisotopic (exact) mass is 290 g/mol. The third-order valence-electron chi connectivity index (χ3n) is 2.88. The Labute approximate surface area is 123 Å². The standard InChI is InChI=1S/C15H19FN4O/c1-21-11-10-17-14-7-9-19-15(20-14)18-8-6-12-2-4-13(16)5-3-12/h2-5,7,9H,6,8,10-11H2,1H3,(H2,17,18,19,20). The second-order valence-electron chi connectivity index (χ2n) is 4.49. The molecule has 0 spiro atoms. The van der Waals surface area contributed by atoms with Crippen molar-refractivity contribution in [3.8, 4) is 0 Å². The minimum atomic E-state index is -0.218. The fourth-order valence-electron chi connectivity index (χ4n) is 1.79.